The van der Waals surface area contributed by atoms with Gasteiger partial charge in [-0.25, -0.2) is 4.98 Å². The highest BCUT2D eigenvalue weighted by atomic mass is 16.3. The maximum Gasteiger partial charge on any atom is 0.163 e. The smallest absolute Gasteiger partial charge is 0.163 e. The molecule has 1 aromatic heterocycles. The lowest BCUT2D eigenvalue weighted by atomic mass is 10.00. The molecule has 3 atom stereocenters. The molecule has 4 nitrogen and oxygen atoms in total. The van der Waals surface area contributed by atoms with Crippen molar-refractivity contribution in [3.8, 4) is 0 Å². The predicted molar refractivity (Wildman–Crippen MR) is 68.7 cm³/mol. The molecule has 0 aromatic carbocycles. The van der Waals surface area contributed by atoms with Gasteiger partial charge in [0.1, 0.15) is 5.82 Å². The molecule has 0 spiro atoms. The molecule has 3 unspecified atom stereocenters. The molecule has 96 valence electrons. The number of aliphatic hydroxyl groups excluding tert-OH is 1. The van der Waals surface area contributed by atoms with Gasteiger partial charge in [-0.2, -0.15) is 0 Å². The van der Waals surface area contributed by atoms with Crippen molar-refractivity contribution in [2.45, 2.75) is 25.9 Å². The minimum atomic E-state index is -0.176. The fourth-order valence-corrected chi connectivity index (χ4v) is 3.33. The number of anilines is 1. The number of aliphatic hydroxyl groups is 1. The Bertz CT molecular complexity index is 475. The molecule has 4 heteroatoms. The zero-order chi connectivity index (χ0) is 12.7. The van der Waals surface area contributed by atoms with Gasteiger partial charge in [-0.3, -0.25) is 4.79 Å². The molecular formula is C14H18N2O2. The molecule has 2 fully saturated rings. The summed E-state index contributed by atoms with van der Waals surface area (Å²) in [7, 11) is 0. The summed E-state index contributed by atoms with van der Waals surface area (Å²) in [5, 5.41) is 9.93. The molecule has 2 aliphatic rings. The van der Waals surface area contributed by atoms with Crippen LogP contribution < -0.4 is 4.90 Å². The number of hydrogen-bond donors (Lipinski definition) is 1. The number of aromatic nitrogens is 1. The van der Waals surface area contributed by atoms with Crippen LogP contribution in [0.3, 0.4) is 0 Å². The fraction of sp³-hybridized carbons (Fsp3) is 0.571. The summed E-state index contributed by atoms with van der Waals surface area (Å²) < 4.78 is 0. The van der Waals surface area contributed by atoms with Crippen molar-refractivity contribution in [3.63, 3.8) is 0 Å². The molecule has 2 heterocycles. The first-order valence-electron chi connectivity index (χ1n) is 6.56. The largest absolute Gasteiger partial charge is 0.393 e. The first-order chi connectivity index (χ1) is 8.66. The van der Waals surface area contributed by atoms with E-state index in [0.29, 0.717) is 17.4 Å². The molecule has 1 saturated heterocycles. The van der Waals surface area contributed by atoms with Crippen LogP contribution >= 0.6 is 0 Å². The quantitative estimate of drug-likeness (QED) is 0.803. The molecule has 18 heavy (non-hydrogen) atoms. The zero-order valence-corrected chi connectivity index (χ0v) is 10.5. The van der Waals surface area contributed by atoms with Gasteiger partial charge >= 0.3 is 0 Å². The van der Waals surface area contributed by atoms with Crippen molar-refractivity contribution in [3.05, 3.63) is 23.9 Å². The Labute approximate surface area is 107 Å². The van der Waals surface area contributed by atoms with Crippen LogP contribution in [0, 0.1) is 11.8 Å². The van der Waals surface area contributed by atoms with Gasteiger partial charge in [0.2, 0.25) is 0 Å². The third-order valence-corrected chi connectivity index (χ3v) is 4.28. The van der Waals surface area contributed by atoms with Crippen LogP contribution in [-0.2, 0) is 0 Å². The molecule has 0 bridgehead atoms. The molecule has 0 radical (unpaired) electrons. The van der Waals surface area contributed by atoms with Gasteiger partial charge < -0.3 is 10.0 Å². The predicted octanol–water partition coefficient (Wildman–Crippen LogP) is 1.49. The lowest BCUT2D eigenvalue weighted by Gasteiger charge is -2.21. The molecule has 3 rings (SSSR count). The molecule has 0 amide bonds. The van der Waals surface area contributed by atoms with E-state index in [4.69, 9.17) is 0 Å². The van der Waals surface area contributed by atoms with Gasteiger partial charge in [0.25, 0.3) is 0 Å². The zero-order valence-electron chi connectivity index (χ0n) is 10.5. The lowest BCUT2D eigenvalue weighted by molar-refractivity contribution is 0.101. The van der Waals surface area contributed by atoms with Crippen LogP contribution in [-0.4, -0.2) is 35.1 Å². The van der Waals surface area contributed by atoms with Gasteiger partial charge in [0, 0.05) is 25.2 Å². The van der Waals surface area contributed by atoms with Crippen molar-refractivity contribution in [2.24, 2.45) is 11.8 Å². The summed E-state index contributed by atoms with van der Waals surface area (Å²) >= 11 is 0. The Morgan fingerprint density at radius 2 is 2.28 bits per heavy atom. The molecule has 1 saturated carbocycles. The Kier molecular flexibility index (Phi) is 2.82. The average molecular weight is 246 g/mol. The van der Waals surface area contributed by atoms with Crippen LogP contribution in [0.2, 0.25) is 0 Å². The van der Waals surface area contributed by atoms with Gasteiger partial charge in [-0.15, -0.1) is 0 Å². The van der Waals surface area contributed by atoms with Gasteiger partial charge in [-0.1, -0.05) is 0 Å². The van der Waals surface area contributed by atoms with Gasteiger partial charge in [0.05, 0.1) is 11.7 Å². The Morgan fingerprint density at radius 1 is 1.44 bits per heavy atom. The van der Waals surface area contributed by atoms with Gasteiger partial charge in [-0.05, 0) is 37.8 Å². The van der Waals surface area contributed by atoms with Crippen molar-refractivity contribution < 1.29 is 9.90 Å². The molecule has 1 aliphatic carbocycles. The first-order valence-corrected chi connectivity index (χ1v) is 6.56. The van der Waals surface area contributed by atoms with Crippen LogP contribution in [0.4, 0.5) is 5.82 Å². The summed E-state index contributed by atoms with van der Waals surface area (Å²) in [5.41, 5.74) is 0.687. The van der Waals surface area contributed by atoms with Crippen molar-refractivity contribution in [1.82, 2.24) is 4.98 Å². The second-order valence-electron chi connectivity index (χ2n) is 5.40. The number of ketones is 1. The number of rotatable bonds is 2. The van der Waals surface area contributed by atoms with Crippen molar-refractivity contribution in [1.29, 1.82) is 0 Å². The van der Waals surface area contributed by atoms with E-state index in [1.54, 1.807) is 19.2 Å². The second-order valence-corrected chi connectivity index (χ2v) is 5.40. The fourth-order valence-electron chi connectivity index (χ4n) is 3.33. The van der Waals surface area contributed by atoms with E-state index in [-0.39, 0.29) is 11.9 Å². The van der Waals surface area contributed by atoms with Gasteiger partial charge in [0.15, 0.2) is 5.78 Å². The number of Topliss-reactive ketones (excluding diaryl/α,β-unsaturated/α-hetero) is 1. The molecule has 1 aliphatic heterocycles. The van der Waals surface area contributed by atoms with Crippen LogP contribution in [0.1, 0.15) is 30.1 Å². The maximum atomic E-state index is 11.6. The monoisotopic (exact) mass is 246 g/mol. The second kappa shape index (κ2) is 4.35. The number of carbonyl (C=O) groups is 1. The van der Waals surface area contributed by atoms with Crippen LogP contribution in [0.5, 0.6) is 0 Å². The number of fused-ring (bicyclic) bond motifs is 1. The van der Waals surface area contributed by atoms with Crippen molar-refractivity contribution >= 4 is 11.6 Å². The highest BCUT2D eigenvalue weighted by Gasteiger charge is 2.42. The van der Waals surface area contributed by atoms with E-state index in [0.717, 1.165) is 31.7 Å². The Hall–Kier alpha value is -1.42. The average Bonchev–Trinajstić information content (AvgIpc) is 2.92. The Balaban J connectivity index is 1.87. The molecular weight excluding hydrogens is 228 g/mol. The number of hydrogen-bond acceptors (Lipinski definition) is 4. The van der Waals surface area contributed by atoms with Crippen LogP contribution in [0.15, 0.2) is 18.3 Å². The maximum absolute atomic E-state index is 11.6. The molecule has 1 aromatic rings. The number of nitrogens with zero attached hydrogens (tertiary/aromatic N) is 2. The minimum absolute atomic E-state index is 0.0516. The highest BCUT2D eigenvalue weighted by Crippen LogP contribution is 2.39. The summed E-state index contributed by atoms with van der Waals surface area (Å²) in [6.07, 6.45) is 3.56. The lowest BCUT2D eigenvalue weighted by Crippen LogP contribution is -2.26. The summed E-state index contributed by atoms with van der Waals surface area (Å²) in [6.45, 7) is 3.31. The minimum Gasteiger partial charge on any atom is -0.393 e. The van der Waals surface area contributed by atoms with E-state index < -0.39 is 0 Å². The third kappa shape index (κ3) is 1.81. The summed E-state index contributed by atoms with van der Waals surface area (Å²) in [6, 6.07) is 3.63. The van der Waals surface area contributed by atoms with Crippen LogP contribution in [0.25, 0.3) is 0 Å². The summed E-state index contributed by atoms with van der Waals surface area (Å²) in [5.74, 6) is 1.75. The SMILES string of the molecule is CC(=O)c1cccnc1N1CC2CCC(O)C2C1. The first kappa shape index (κ1) is 11.7. The third-order valence-electron chi connectivity index (χ3n) is 4.28. The van der Waals surface area contributed by atoms with E-state index >= 15 is 0 Å². The normalized spacial score (nSPS) is 30.6. The number of carbonyl (C=O) groups excluding carboxylic acids is 1. The van der Waals surface area contributed by atoms with Crippen molar-refractivity contribution in [2.75, 3.05) is 18.0 Å². The Morgan fingerprint density at radius 3 is 3.00 bits per heavy atom. The molecule has 1 N–H and O–H groups in total. The topological polar surface area (TPSA) is 53.4 Å². The van der Waals surface area contributed by atoms with E-state index in [1.165, 1.54) is 0 Å². The standard InChI is InChI=1S/C14H18N2O2/c1-9(17)11-3-2-6-15-14(11)16-7-10-4-5-13(18)12(10)8-16/h2-3,6,10,12-13,18H,4-5,7-8H2,1H3. The highest BCUT2D eigenvalue weighted by molar-refractivity contribution is 5.98. The number of pyridine rings is 1. The van der Waals surface area contributed by atoms with E-state index in [1.807, 2.05) is 6.07 Å². The summed E-state index contributed by atoms with van der Waals surface area (Å²) in [4.78, 5) is 18.1. The van der Waals surface area contributed by atoms with E-state index in [2.05, 4.69) is 9.88 Å². The van der Waals surface area contributed by atoms with E-state index in [9.17, 15) is 9.90 Å².